The van der Waals surface area contributed by atoms with Crippen molar-refractivity contribution in [2.45, 2.75) is 13.3 Å². The normalized spacial score (nSPS) is 15.6. The lowest BCUT2D eigenvalue weighted by Gasteiger charge is -2.26. The van der Waals surface area contributed by atoms with Crippen LogP contribution in [0.2, 0.25) is 0 Å². The van der Waals surface area contributed by atoms with Crippen LogP contribution in [0.4, 0.5) is 4.79 Å². The molecule has 1 fully saturated rings. The third-order valence-corrected chi connectivity index (χ3v) is 4.86. The van der Waals surface area contributed by atoms with E-state index in [4.69, 9.17) is 0 Å². The number of urea groups is 1. The zero-order valence-electron chi connectivity index (χ0n) is 16.4. The van der Waals surface area contributed by atoms with E-state index in [2.05, 4.69) is 10.4 Å². The molecule has 1 aromatic heterocycles. The molecule has 0 atom stereocenters. The quantitative estimate of drug-likeness (QED) is 0.527. The summed E-state index contributed by atoms with van der Waals surface area (Å²) in [6, 6.07) is 16.7. The van der Waals surface area contributed by atoms with Gasteiger partial charge in [-0.2, -0.15) is 5.10 Å². The second kappa shape index (κ2) is 8.16. The van der Waals surface area contributed by atoms with E-state index in [0.29, 0.717) is 12.0 Å². The summed E-state index contributed by atoms with van der Waals surface area (Å²) < 4.78 is 1.66. The highest BCUT2D eigenvalue weighted by atomic mass is 16.2. The van der Waals surface area contributed by atoms with E-state index in [1.807, 2.05) is 61.5 Å². The molecule has 2 aromatic carbocycles. The number of rotatable bonds is 5. The van der Waals surface area contributed by atoms with Crippen molar-refractivity contribution in [1.29, 1.82) is 0 Å². The fraction of sp³-hybridized carbons (Fsp3) is 0.130. The summed E-state index contributed by atoms with van der Waals surface area (Å²) in [5.41, 5.74) is 3.50. The molecule has 0 unspecified atom stereocenters. The van der Waals surface area contributed by atoms with Crippen LogP contribution >= 0.6 is 0 Å². The van der Waals surface area contributed by atoms with Crippen LogP contribution in [-0.4, -0.2) is 39.1 Å². The Hall–Kier alpha value is -4.00. The summed E-state index contributed by atoms with van der Waals surface area (Å²) in [6.07, 6.45) is 5.26. The predicted molar refractivity (Wildman–Crippen MR) is 112 cm³/mol. The first kappa shape index (κ1) is 19.3. The van der Waals surface area contributed by atoms with Crippen molar-refractivity contribution in [3.05, 3.63) is 89.3 Å². The molecule has 0 spiro atoms. The number of aryl methyl sites for hydroxylation is 1. The van der Waals surface area contributed by atoms with Gasteiger partial charge < -0.3 is 0 Å². The zero-order valence-corrected chi connectivity index (χ0v) is 16.4. The van der Waals surface area contributed by atoms with Gasteiger partial charge in [0.1, 0.15) is 5.57 Å². The maximum atomic E-state index is 12.8. The van der Waals surface area contributed by atoms with Gasteiger partial charge in [0.05, 0.1) is 11.9 Å². The van der Waals surface area contributed by atoms with E-state index >= 15 is 0 Å². The minimum atomic E-state index is -0.705. The van der Waals surface area contributed by atoms with Crippen LogP contribution in [0, 0.1) is 6.92 Å². The first-order valence-electron chi connectivity index (χ1n) is 9.56. The van der Waals surface area contributed by atoms with Gasteiger partial charge in [-0.05, 0) is 37.1 Å². The van der Waals surface area contributed by atoms with Crippen LogP contribution in [0.5, 0.6) is 0 Å². The number of imide groups is 2. The highest BCUT2D eigenvalue weighted by Crippen LogP contribution is 2.16. The molecule has 1 aliphatic rings. The predicted octanol–water partition coefficient (Wildman–Crippen LogP) is 2.89. The lowest BCUT2D eigenvalue weighted by molar-refractivity contribution is -0.130. The number of amides is 4. The molecule has 1 saturated heterocycles. The van der Waals surface area contributed by atoms with Gasteiger partial charge in [-0.15, -0.1) is 0 Å². The molecule has 0 saturated carbocycles. The summed E-state index contributed by atoms with van der Waals surface area (Å²) in [5.74, 6) is -1.31. The van der Waals surface area contributed by atoms with E-state index < -0.39 is 17.8 Å². The number of nitrogens with one attached hydrogen (secondary N) is 1. The smallest absolute Gasteiger partial charge is 0.273 e. The highest BCUT2D eigenvalue weighted by Gasteiger charge is 2.35. The van der Waals surface area contributed by atoms with E-state index in [1.165, 1.54) is 6.08 Å². The first-order valence-corrected chi connectivity index (χ1v) is 9.56. The van der Waals surface area contributed by atoms with E-state index in [0.717, 1.165) is 21.7 Å². The third kappa shape index (κ3) is 4.05. The van der Waals surface area contributed by atoms with Gasteiger partial charge in [-0.1, -0.05) is 48.0 Å². The molecule has 30 heavy (non-hydrogen) atoms. The van der Waals surface area contributed by atoms with Crippen molar-refractivity contribution in [2.24, 2.45) is 0 Å². The highest BCUT2D eigenvalue weighted by molar-refractivity contribution is 6.31. The Kier molecular flexibility index (Phi) is 5.26. The Bertz CT molecular complexity index is 1130. The van der Waals surface area contributed by atoms with Crippen LogP contribution in [0.3, 0.4) is 0 Å². The van der Waals surface area contributed by atoms with Crippen LogP contribution in [0.15, 0.2) is 72.6 Å². The molecule has 4 amide bonds. The second-order valence-electron chi connectivity index (χ2n) is 7.06. The van der Waals surface area contributed by atoms with Gasteiger partial charge in [-0.25, -0.2) is 9.48 Å². The van der Waals surface area contributed by atoms with Crippen molar-refractivity contribution >= 4 is 23.9 Å². The molecule has 0 aliphatic carbocycles. The summed E-state index contributed by atoms with van der Waals surface area (Å²) in [7, 11) is 0. The van der Waals surface area contributed by atoms with Crippen LogP contribution in [-0.2, 0) is 16.0 Å². The van der Waals surface area contributed by atoms with Crippen molar-refractivity contribution in [2.75, 3.05) is 6.54 Å². The number of aromatic nitrogens is 2. The van der Waals surface area contributed by atoms with Crippen molar-refractivity contribution in [3.8, 4) is 5.69 Å². The molecule has 1 N–H and O–H groups in total. The number of barbiturate groups is 1. The average molecular weight is 400 g/mol. The van der Waals surface area contributed by atoms with Gasteiger partial charge in [0, 0.05) is 18.3 Å². The molecular formula is C23H20N4O3. The van der Waals surface area contributed by atoms with Gasteiger partial charge in [-0.3, -0.25) is 19.8 Å². The molecule has 0 bridgehead atoms. The molecular weight excluding hydrogens is 380 g/mol. The van der Waals surface area contributed by atoms with E-state index in [9.17, 15) is 14.4 Å². The van der Waals surface area contributed by atoms with Crippen molar-refractivity contribution < 1.29 is 14.4 Å². The van der Waals surface area contributed by atoms with E-state index in [1.54, 1.807) is 17.1 Å². The topological polar surface area (TPSA) is 84.3 Å². The summed E-state index contributed by atoms with van der Waals surface area (Å²) in [4.78, 5) is 38.4. The monoisotopic (exact) mass is 400 g/mol. The maximum Gasteiger partial charge on any atom is 0.331 e. The summed E-state index contributed by atoms with van der Waals surface area (Å²) in [5, 5.41) is 6.53. The van der Waals surface area contributed by atoms with E-state index in [-0.39, 0.29) is 12.1 Å². The maximum absolute atomic E-state index is 12.8. The molecule has 150 valence electrons. The molecule has 3 aromatic rings. The molecule has 1 aliphatic heterocycles. The summed E-state index contributed by atoms with van der Waals surface area (Å²) >= 11 is 0. The minimum absolute atomic E-state index is 0.0916. The zero-order chi connectivity index (χ0) is 21.1. The third-order valence-electron chi connectivity index (χ3n) is 4.86. The number of nitrogens with zero attached hydrogens (tertiary/aromatic N) is 3. The Balaban J connectivity index is 1.54. The molecule has 7 nitrogen and oxygen atoms in total. The Morgan fingerprint density at radius 3 is 2.47 bits per heavy atom. The lowest BCUT2D eigenvalue weighted by Crippen LogP contribution is -2.54. The fourth-order valence-corrected chi connectivity index (χ4v) is 3.20. The van der Waals surface area contributed by atoms with Gasteiger partial charge in [0.2, 0.25) is 0 Å². The number of carbonyl (C=O) groups is 3. The lowest BCUT2D eigenvalue weighted by atomic mass is 10.1. The first-order chi connectivity index (χ1) is 14.5. The molecule has 2 heterocycles. The van der Waals surface area contributed by atoms with Crippen molar-refractivity contribution in [3.63, 3.8) is 0 Å². The van der Waals surface area contributed by atoms with Crippen LogP contribution in [0.25, 0.3) is 11.8 Å². The van der Waals surface area contributed by atoms with Gasteiger partial charge in [0.15, 0.2) is 0 Å². The molecule has 0 radical (unpaired) electrons. The number of carbonyl (C=O) groups excluding carboxylic acids is 3. The standard InChI is InChI=1S/C23H20N4O3/c1-16-7-9-19(10-8-16)27-15-18(14-24-27)13-20-21(28)25-23(30)26(22(20)29)12-11-17-5-3-2-4-6-17/h2-10,13-15H,11-12H2,1H3,(H,25,28,30). The molecule has 4 rings (SSSR count). The number of hydrogen-bond donors (Lipinski definition) is 1. The van der Waals surface area contributed by atoms with Crippen LogP contribution in [0.1, 0.15) is 16.7 Å². The Morgan fingerprint density at radius 2 is 1.73 bits per heavy atom. The number of hydrogen-bond acceptors (Lipinski definition) is 4. The van der Waals surface area contributed by atoms with Crippen molar-refractivity contribution in [1.82, 2.24) is 20.0 Å². The molecule has 7 heteroatoms. The van der Waals surface area contributed by atoms with Gasteiger partial charge in [0.25, 0.3) is 11.8 Å². The SMILES string of the molecule is Cc1ccc(-n2cc(C=C3C(=O)NC(=O)N(CCc4ccccc4)C3=O)cn2)cc1. The fourth-order valence-electron chi connectivity index (χ4n) is 3.20. The average Bonchev–Trinajstić information content (AvgIpc) is 3.21. The Labute approximate surface area is 173 Å². The van der Waals surface area contributed by atoms with Gasteiger partial charge >= 0.3 is 6.03 Å². The minimum Gasteiger partial charge on any atom is -0.273 e. The van der Waals surface area contributed by atoms with Crippen LogP contribution < -0.4 is 5.32 Å². The largest absolute Gasteiger partial charge is 0.331 e. The second-order valence-corrected chi connectivity index (χ2v) is 7.06. The Morgan fingerprint density at radius 1 is 1.00 bits per heavy atom. The summed E-state index contributed by atoms with van der Waals surface area (Å²) in [6.45, 7) is 2.18. The number of benzene rings is 2.